The van der Waals surface area contributed by atoms with E-state index in [0.29, 0.717) is 6.61 Å². The quantitative estimate of drug-likeness (QED) is 0.599. The summed E-state index contributed by atoms with van der Waals surface area (Å²) < 4.78 is 5.88. The number of rotatable bonds is 7. The number of hydrogen-bond acceptors (Lipinski definition) is 4. The Morgan fingerprint density at radius 3 is 2.50 bits per heavy atom. The summed E-state index contributed by atoms with van der Waals surface area (Å²) in [6.45, 7) is 2.63. The number of hydrogen-bond donors (Lipinski definition) is 2. The summed E-state index contributed by atoms with van der Waals surface area (Å²) in [5.74, 6) is 5.73. The molecule has 0 saturated carbocycles. The van der Waals surface area contributed by atoms with Gasteiger partial charge in [-0.3, -0.25) is 16.3 Å². The van der Waals surface area contributed by atoms with Crippen molar-refractivity contribution in [2.75, 3.05) is 6.61 Å². The van der Waals surface area contributed by atoms with Gasteiger partial charge in [0.25, 0.3) is 0 Å². The Kier molecular flexibility index (Phi) is 5.68. The van der Waals surface area contributed by atoms with Gasteiger partial charge in [-0.15, -0.1) is 0 Å². The second-order valence-corrected chi connectivity index (χ2v) is 4.58. The van der Waals surface area contributed by atoms with Crippen LogP contribution in [0.1, 0.15) is 24.3 Å². The van der Waals surface area contributed by atoms with Gasteiger partial charge in [0, 0.05) is 24.9 Å². The van der Waals surface area contributed by atoms with E-state index in [1.165, 1.54) is 0 Å². The van der Waals surface area contributed by atoms with E-state index in [-0.39, 0.29) is 12.1 Å². The van der Waals surface area contributed by atoms with E-state index in [2.05, 4.69) is 22.5 Å². The first-order valence-electron chi connectivity index (χ1n) is 6.87. The van der Waals surface area contributed by atoms with Crippen LogP contribution >= 0.6 is 0 Å². The molecular formula is C16H21N3O. The molecule has 4 nitrogen and oxygen atoms in total. The summed E-state index contributed by atoms with van der Waals surface area (Å²) in [6, 6.07) is 16.0. The van der Waals surface area contributed by atoms with Gasteiger partial charge < -0.3 is 4.74 Å². The van der Waals surface area contributed by atoms with Crippen LogP contribution in [0.25, 0.3) is 0 Å². The minimum atomic E-state index is -0.0896. The van der Waals surface area contributed by atoms with Crippen molar-refractivity contribution in [1.82, 2.24) is 10.4 Å². The normalized spacial score (nSPS) is 13.9. The number of ether oxygens (including phenoxy) is 1. The maximum Gasteiger partial charge on any atom is 0.0994 e. The second-order valence-electron chi connectivity index (χ2n) is 4.58. The zero-order chi connectivity index (χ0) is 14.2. The van der Waals surface area contributed by atoms with E-state index in [1.807, 2.05) is 43.3 Å². The number of nitrogens with two attached hydrogens (primary N) is 1. The third-order valence-corrected chi connectivity index (χ3v) is 3.21. The van der Waals surface area contributed by atoms with Crippen molar-refractivity contribution in [3.8, 4) is 0 Å². The van der Waals surface area contributed by atoms with Crippen molar-refractivity contribution in [1.29, 1.82) is 0 Å². The molecule has 0 spiro atoms. The minimum Gasteiger partial charge on any atom is -0.372 e. The van der Waals surface area contributed by atoms with Crippen LogP contribution in [-0.4, -0.2) is 17.6 Å². The summed E-state index contributed by atoms with van der Waals surface area (Å²) in [7, 11) is 0. The summed E-state index contributed by atoms with van der Waals surface area (Å²) in [4.78, 5) is 4.35. The predicted octanol–water partition coefficient (Wildman–Crippen LogP) is 2.23. The number of pyridine rings is 1. The molecule has 106 valence electrons. The molecule has 1 heterocycles. The number of hydrazine groups is 1. The molecular weight excluding hydrogens is 250 g/mol. The molecule has 1 aromatic carbocycles. The molecule has 0 saturated heterocycles. The molecule has 0 aliphatic rings. The van der Waals surface area contributed by atoms with Crippen LogP contribution in [0, 0.1) is 0 Å². The molecule has 0 fully saturated rings. The Balaban J connectivity index is 2.17. The highest BCUT2D eigenvalue weighted by molar-refractivity contribution is 5.20. The zero-order valence-corrected chi connectivity index (χ0v) is 11.7. The Hall–Kier alpha value is -1.75. The largest absolute Gasteiger partial charge is 0.372 e. The number of aromatic nitrogens is 1. The number of benzene rings is 1. The molecule has 2 atom stereocenters. The summed E-state index contributed by atoms with van der Waals surface area (Å²) in [6.07, 6.45) is 2.42. The topological polar surface area (TPSA) is 60.2 Å². The minimum absolute atomic E-state index is 0.0211. The van der Waals surface area contributed by atoms with Gasteiger partial charge >= 0.3 is 0 Å². The molecule has 4 heteroatoms. The van der Waals surface area contributed by atoms with Gasteiger partial charge in [0.2, 0.25) is 0 Å². The lowest BCUT2D eigenvalue weighted by Crippen LogP contribution is -2.42. The Bertz CT molecular complexity index is 490. The Morgan fingerprint density at radius 1 is 1.15 bits per heavy atom. The predicted molar refractivity (Wildman–Crippen MR) is 79.9 cm³/mol. The van der Waals surface area contributed by atoms with E-state index in [0.717, 1.165) is 17.7 Å². The third-order valence-electron chi connectivity index (χ3n) is 3.21. The van der Waals surface area contributed by atoms with Gasteiger partial charge in [0.05, 0.1) is 12.1 Å². The highest BCUT2D eigenvalue weighted by atomic mass is 16.5. The summed E-state index contributed by atoms with van der Waals surface area (Å²) in [5, 5.41) is 0. The standard InChI is InChI=1S/C16H21N3O/c1-2-20-16(13-8-4-3-5-9-13)15(19-17)12-14-10-6-7-11-18-14/h3-11,15-16,19H,2,12,17H2,1H3. The fourth-order valence-corrected chi connectivity index (χ4v) is 2.26. The van der Waals surface area contributed by atoms with E-state index in [9.17, 15) is 0 Å². The molecule has 2 aromatic rings. The SMILES string of the molecule is CCOC(c1ccccc1)C(Cc1ccccn1)NN. The number of nitrogens with zero attached hydrogens (tertiary/aromatic N) is 1. The molecule has 0 aliphatic carbocycles. The van der Waals surface area contributed by atoms with Crippen molar-refractivity contribution in [2.24, 2.45) is 5.84 Å². The van der Waals surface area contributed by atoms with Gasteiger partial charge in [0.1, 0.15) is 0 Å². The molecule has 2 rings (SSSR count). The fourth-order valence-electron chi connectivity index (χ4n) is 2.26. The van der Waals surface area contributed by atoms with Crippen molar-refractivity contribution in [3.05, 3.63) is 66.0 Å². The van der Waals surface area contributed by atoms with Crippen LogP contribution in [0.5, 0.6) is 0 Å². The summed E-state index contributed by atoms with van der Waals surface area (Å²) in [5.41, 5.74) is 4.98. The molecule has 20 heavy (non-hydrogen) atoms. The van der Waals surface area contributed by atoms with Crippen molar-refractivity contribution < 1.29 is 4.74 Å². The first-order valence-corrected chi connectivity index (χ1v) is 6.87. The third kappa shape index (κ3) is 3.87. The van der Waals surface area contributed by atoms with Crippen LogP contribution in [-0.2, 0) is 11.2 Å². The molecule has 0 bridgehead atoms. The van der Waals surface area contributed by atoms with Gasteiger partial charge in [-0.25, -0.2) is 0 Å². The van der Waals surface area contributed by atoms with Gasteiger partial charge in [-0.2, -0.15) is 0 Å². The molecule has 0 amide bonds. The highest BCUT2D eigenvalue weighted by Gasteiger charge is 2.23. The van der Waals surface area contributed by atoms with Crippen molar-refractivity contribution in [3.63, 3.8) is 0 Å². The summed E-state index contributed by atoms with van der Waals surface area (Å²) >= 11 is 0. The maximum atomic E-state index is 5.88. The van der Waals surface area contributed by atoms with Gasteiger partial charge in [0.15, 0.2) is 0 Å². The molecule has 3 N–H and O–H groups in total. The van der Waals surface area contributed by atoms with Crippen LogP contribution < -0.4 is 11.3 Å². The molecule has 1 aromatic heterocycles. The van der Waals surface area contributed by atoms with E-state index < -0.39 is 0 Å². The van der Waals surface area contributed by atoms with E-state index >= 15 is 0 Å². The Labute approximate surface area is 120 Å². The molecule has 0 aliphatic heterocycles. The zero-order valence-electron chi connectivity index (χ0n) is 11.7. The van der Waals surface area contributed by atoms with Crippen LogP contribution in [0.3, 0.4) is 0 Å². The average Bonchev–Trinajstić information content (AvgIpc) is 2.52. The maximum absolute atomic E-state index is 5.88. The van der Waals surface area contributed by atoms with Gasteiger partial charge in [-0.1, -0.05) is 36.4 Å². The fraction of sp³-hybridized carbons (Fsp3) is 0.312. The lowest BCUT2D eigenvalue weighted by atomic mass is 9.98. The lowest BCUT2D eigenvalue weighted by Gasteiger charge is -2.26. The van der Waals surface area contributed by atoms with E-state index in [4.69, 9.17) is 10.6 Å². The molecule has 2 unspecified atom stereocenters. The highest BCUT2D eigenvalue weighted by Crippen LogP contribution is 2.23. The average molecular weight is 271 g/mol. The van der Waals surface area contributed by atoms with Crippen LogP contribution in [0.4, 0.5) is 0 Å². The smallest absolute Gasteiger partial charge is 0.0994 e. The molecule has 0 radical (unpaired) electrons. The van der Waals surface area contributed by atoms with Crippen LogP contribution in [0.15, 0.2) is 54.7 Å². The van der Waals surface area contributed by atoms with Crippen molar-refractivity contribution in [2.45, 2.75) is 25.5 Å². The van der Waals surface area contributed by atoms with E-state index in [1.54, 1.807) is 6.20 Å². The number of nitrogens with one attached hydrogen (secondary N) is 1. The first kappa shape index (κ1) is 14.7. The second kappa shape index (κ2) is 7.75. The van der Waals surface area contributed by atoms with Crippen molar-refractivity contribution >= 4 is 0 Å². The van der Waals surface area contributed by atoms with Crippen LogP contribution in [0.2, 0.25) is 0 Å². The lowest BCUT2D eigenvalue weighted by molar-refractivity contribution is 0.0330. The van der Waals surface area contributed by atoms with Gasteiger partial charge in [-0.05, 0) is 24.6 Å². The Morgan fingerprint density at radius 2 is 1.90 bits per heavy atom. The monoisotopic (exact) mass is 271 g/mol. The first-order chi connectivity index (χ1) is 9.85.